The highest BCUT2D eigenvalue weighted by Crippen LogP contribution is 2.28. The molecule has 0 aliphatic rings. The number of nitrogen functional groups attached to an aromatic ring is 1. The summed E-state index contributed by atoms with van der Waals surface area (Å²) in [5.74, 6) is 0.642. The van der Waals surface area contributed by atoms with Gasteiger partial charge in [-0.1, -0.05) is 0 Å². The zero-order chi connectivity index (χ0) is 19.7. The van der Waals surface area contributed by atoms with E-state index < -0.39 is 0 Å². The normalized spacial score (nSPS) is 11.9. The summed E-state index contributed by atoms with van der Waals surface area (Å²) in [6, 6.07) is 9.69. The second-order valence-corrected chi connectivity index (χ2v) is 6.11. The second kappa shape index (κ2) is 6.92. The molecular formula is C19H15FN8. The van der Waals surface area contributed by atoms with Gasteiger partial charge in [0.25, 0.3) is 0 Å². The number of anilines is 2. The fourth-order valence-corrected chi connectivity index (χ4v) is 3.00. The molecule has 0 amide bonds. The topological polar surface area (TPSA) is 118 Å². The van der Waals surface area contributed by atoms with Gasteiger partial charge in [-0.15, -0.1) is 0 Å². The minimum Gasteiger partial charge on any atom is -0.382 e. The van der Waals surface area contributed by atoms with E-state index in [1.165, 1.54) is 18.5 Å². The second-order valence-electron chi connectivity index (χ2n) is 6.11. The first-order valence-electron chi connectivity index (χ1n) is 8.44. The van der Waals surface area contributed by atoms with Crippen LogP contribution in [-0.2, 0) is 0 Å². The molecule has 0 saturated carbocycles. The zero-order valence-electron chi connectivity index (χ0n) is 14.8. The van der Waals surface area contributed by atoms with Crippen molar-refractivity contribution in [2.45, 2.75) is 13.0 Å². The predicted octanol–water partition coefficient (Wildman–Crippen LogP) is 2.98. The van der Waals surface area contributed by atoms with Gasteiger partial charge in [-0.25, -0.2) is 19.3 Å². The van der Waals surface area contributed by atoms with Crippen LogP contribution in [0.5, 0.6) is 0 Å². The van der Waals surface area contributed by atoms with Crippen LogP contribution in [0.2, 0.25) is 0 Å². The Morgan fingerprint density at radius 1 is 1.29 bits per heavy atom. The predicted molar refractivity (Wildman–Crippen MR) is 102 cm³/mol. The van der Waals surface area contributed by atoms with Gasteiger partial charge < -0.3 is 11.1 Å². The Bertz CT molecular complexity index is 1200. The van der Waals surface area contributed by atoms with Crippen molar-refractivity contribution in [3.05, 3.63) is 66.3 Å². The number of nitrogens with zero attached hydrogens (tertiary/aromatic N) is 6. The van der Waals surface area contributed by atoms with Crippen LogP contribution >= 0.6 is 0 Å². The summed E-state index contributed by atoms with van der Waals surface area (Å²) in [4.78, 5) is 16.7. The van der Waals surface area contributed by atoms with Crippen LogP contribution in [-0.4, -0.2) is 24.5 Å². The highest BCUT2D eigenvalue weighted by atomic mass is 19.1. The van der Waals surface area contributed by atoms with Crippen LogP contribution in [0.25, 0.3) is 16.7 Å². The van der Waals surface area contributed by atoms with E-state index >= 15 is 0 Å². The van der Waals surface area contributed by atoms with Crippen molar-refractivity contribution in [1.29, 1.82) is 5.26 Å². The third kappa shape index (κ3) is 2.97. The average molecular weight is 374 g/mol. The molecule has 0 unspecified atom stereocenters. The van der Waals surface area contributed by atoms with Crippen molar-refractivity contribution >= 4 is 22.7 Å². The number of nitrogens with one attached hydrogen (secondary N) is 1. The molecular weight excluding hydrogens is 359 g/mol. The smallest absolute Gasteiger partial charge is 0.150 e. The number of benzene rings is 1. The molecule has 3 N–H and O–H groups in total. The van der Waals surface area contributed by atoms with Crippen LogP contribution in [0.3, 0.4) is 0 Å². The number of pyridine rings is 1. The summed E-state index contributed by atoms with van der Waals surface area (Å²) in [6.45, 7) is 1.86. The van der Waals surface area contributed by atoms with Crippen LogP contribution in [0, 0.1) is 17.1 Å². The average Bonchev–Trinajstić information content (AvgIpc) is 3.07. The third-order valence-electron chi connectivity index (χ3n) is 4.28. The van der Waals surface area contributed by atoms with E-state index in [1.54, 1.807) is 24.5 Å². The fourth-order valence-electron chi connectivity index (χ4n) is 3.00. The maximum Gasteiger partial charge on any atom is 0.150 e. The van der Waals surface area contributed by atoms with Gasteiger partial charge >= 0.3 is 0 Å². The van der Waals surface area contributed by atoms with Gasteiger partial charge in [0.1, 0.15) is 41.2 Å². The van der Waals surface area contributed by atoms with Gasteiger partial charge in [0.15, 0.2) is 0 Å². The molecule has 0 radical (unpaired) electrons. The summed E-state index contributed by atoms with van der Waals surface area (Å²) < 4.78 is 15.7. The standard InChI is InChI=1S/C19H15FN8/c1-11(26-18-14(8-21)17(22)24-10-25-18)19-27-15-5-4-12(20)7-16(15)28(19)13-3-2-6-23-9-13/h2-7,9-11H,1H3,(H3,22,24,25,26)/t11-/m0/s1. The van der Waals surface area contributed by atoms with E-state index in [9.17, 15) is 9.65 Å². The molecule has 1 aromatic carbocycles. The largest absolute Gasteiger partial charge is 0.382 e. The van der Waals surface area contributed by atoms with E-state index in [0.717, 1.165) is 5.69 Å². The highest BCUT2D eigenvalue weighted by molar-refractivity contribution is 5.78. The fraction of sp³-hybridized carbons (Fsp3) is 0.105. The molecule has 0 bridgehead atoms. The number of nitriles is 1. The maximum absolute atomic E-state index is 13.9. The number of hydrogen-bond donors (Lipinski definition) is 2. The molecule has 28 heavy (non-hydrogen) atoms. The Hall–Kier alpha value is -4.06. The lowest BCUT2D eigenvalue weighted by Gasteiger charge is -2.17. The molecule has 1 atom stereocenters. The van der Waals surface area contributed by atoms with Gasteiger partial charge in [-0.3, -0.25) is 9.55 Å². The number of nitrogens with two attached hydrogens (primary N) is 1. The Labute approximate surface area is 159 Å². The minimum atomic E-state index is -0.378. The first kappa shape index (κ1) is 17.4. The molecule has 0 saturated heterocycles. The Kier molecular flexibility index (Phi) is 4.29. The van der Waals surface area contributed by atoms with Crippen molar-refractivity contribution in [3.63, 3.8) is 0 Å². The first-order valence-corrected chi connectivity index (χ1v) is 8.44. The minimum absolute atomic E-state index is 0.0926. The lowest BCUT2D eigenvalue weighted by atomic mass is 10.2. The Balaban J connectivity index is 1.85. The van der Waals surface area contributed by atoms with Gasteiger partial charge in [0.2, 0.25) is 0 Å². The van der Waals surface area contributed by atoms with Crippen LogP contribution in [0.15, 0.2) is 49.1 Å². The van der Waals surface area contributed by atoms with E-state index in [2.05, 4.69) is 25.3 Å². The zero-order valence-corrected chi connectivity index (χ0v) is 14.8. The SMILES string of the molecule is C[C@H](Nc1ncnc(N)c1C#N)c1nc2ccc(F)cc2n1-c1cccnc1. The highest BCUT2D eigenvalue weighted by Gasteiger charge is 2.20. The summed E-state index contributed by atoms with van der Waals surface area (Å²) in [5.41, 5.74) is 7.90. The maximum atomic E-state index is 13.9. The van der Waals surface area contributed by atoms with E-state index in [4.69, 9.17) is 5.73 Å². The van der Waals surface area contributed by atoms with Crippen molar-refractivity contribution in [1.82, 2.24) is 24.5 Å². The summed E-state index contributed by atoms with van der Waals surface area (Å²) in [6.07, 6.45) is 4.61. The molecule has 0 spiro atoms. The number of fused-ring (bicyclic) bond motifs is 1. The molecule has 9 heteroatoms. The monoisotopic (exact) mass is 374 g/mol. The van der Waals surface area contributed by atoms with Gasteiger partial charge in [-0.2, -0.15) is 5.26 Å². The van der Waals surface area contributed by atoms with Crippen LogP contribution in [0.4, 0.5) is 16.0 Å². The molecule has 0 fully saturated rings. The Morgan fingerprint density at radius 3 is 2.89 bits per heavy atom. The number of rotatable bonds is 4. The van der Waals surface area contributed by atoms with Gasteiger partial charge in [0.05, 0.1) is 29.0 Å². The molecule has 0 aliphatic heterocycles. The molecule has 3 aromatic heterocycles. The quantitative estimate of drug-likeness (QED) is 0.564. The number of halogens is 1. The molecule has 138 valence electrons. The van der Waals surface area contributed by atoms with Crippen LogP contribution < -0.4 is 11.1 Å². The molecule has 0 aliphatic carbocycles. The van der Waals surface area contributed by atoms with E-state index in [-0.39, 0.29) is 23.2 Å². The number of hydrogen-bond acceptors (Lipinski definition) is 7. The summed E-state index contributed by atoms with van der Waals surface area (Å²) in [7, 11) is 0. The van der Waals surface area contributed by atoms with Gasteiger partial charge in [-0.05, 0) is 31.2 Å². The summed E-state index contributed by atoms with van der Waals surface area (Å²) in [5, 5.41) is 12.5. The van der Waals surface area contributed by atoms with Crippen molar-refractivity contribution in [3.8, 4) is 11.8 Å². The van der Waals surface area contributed by atoms with E-state index in [0.29, 0.717) is 22.7 Å². The van der Waals surface area contributed by atoms with Crippen molar-refractivity contribution in [2.24, 2.45) is 0 Å². The van der Waals surface area contributed by atoms with E-state index in [1.807, 2.05) is 23.6 Å². The molecule has 3 heterocycles. The lowest BCUT2D eigenvalue weighted by Crippen LogP contribution is -2.15. The Morgan fingerprint density at radius 2 is 2.14 bits per heavy atom. The number of aromatic nitrogens is 5. The molecule has 8 nitrogen and oxygen atoms in total. The van der Waals surface area contributed by atoms with Gasteiger partial charge in [0, 0.05) is 12.3 Å². The first-order chi connectivity index (χ1) is 13.6. The summed E-state index contributed by atoms with van der Waals surface area (Å²) >= 11 is 0. The third-order valence-corrected chi connectivity index (χ3v) is 4.28. The van der Waals surface area contributed by atoms with Crippen molar-refractivity contribution < 1.29 is 4.39 Å². The molecule has 4 rings (SSSR count). The lowest BCUT2D eigenvalue weighted by molar-refractivity contribution is 0.629. The van der Waals surface area contributed by atoms with Crippen LogP contribution in [0.1, 0.15) is 24.4 Å². The number of imidazole rings is 1. The van der Waals surface area contributed by atoms with Crippen molar-refractivity contribution in [2.75, 3.05) is 11.1 Å². The molecule has 4 aromatic rings.